The van der Waals surface area contributed by atoms with Crippen molar-refractivity contribution in [3.63, 3.8) is 0 Å². The third kappa shape index (κ3) is 5.28. The first-order valence-electron chi connectivity index (χ1n) is 7.66. The van der Waals surface area contributed by atoms with Crippen molar-refractivity contribution in [3.05, 3.63) is 63.2 Å². The van der Waals surface area contributed by atoms with Gasteiger partial charge in [0, 0.05) is 23.0 Å². The van der Waals surface area contributed by atoms with Gasteiger partial charge in [0.25, 0.3) is 0 Å². The smallest absolute Gasteiger partial charge is 0.319 e. The highest BCUT2D eigenvalue weighted by molar-refractivity contribution is 8.93. The summed E-state index contributed by atoms with van der Waals surface area (Å²) in [7, 11) is -2.27. The third-order valence-corrected chi connectivity index (χ3v) is 6.02. The van der Waals surface area contributed by atoms with E-state index < -0.39 is 21.8 Å². The Balaban J connectivity index is 0.00000300. The molecular weight excluding hydrogens is 515 g/mol. The van der Waals surface area contributed by atoms with E-state index in [-0.39, 0.29) is 27.6 Å². The van der Waals surface area contributed by atoms with Crippen molar-refractivity contribution < 1.29 is 21.6 Å². The average Bonchev–Trinajstić information content (AvgIpc) is 2.94. The highest BCUT2D eigenvalue weighted by Crippen LogP contribution is 2.32. The Morgan fingerprint density at radius 3 is 2.48 bits per heavy atom. The fraction of sp³-hybridized carbons (Fsp3) is 0.118. The molecule has 0 aliphatic rings. The number of sulfonamides is 1. The molecule has 0 atom stereocenters. The van der Waals surface area contributed by atoms with Gasteiger partial charge in [0.2, 0.25) is 10.0 Å². The van der Waals surface area contributed by atoms with Crippen molar-refractivity contribution in [1.29, 1.82) is 0 Å². The minimum atomic E-state index is -4.46. The minimum Gasteiger partial charge on any atom is -0.319 e. The Morgan fingerprint density at radius 2 is 1.86 bits per heavy atom. The number of thiazole rings is 1. The van der Waals surface area contributed by atoms with Crippen LogP contribution in [0.5, 0.6) is 0 Å². The van der Waals surface area contributed by atoms with Crippen LogP contribution in [-0.4, -0.2) is 13.0 Å². The van der Waals surface area contributed by atoms with Gasteiger partial charge in [-0.05, 0) is 36.4 Å². The molecule has 0 radical (unpaired) electrons. The first kappa shape index (κ1) is 23.6. The van der Waals surface area contributed by atoms with Gasteiger partial charge in [-0.3, -0.25) is 0 Å². The quantitative estimate of drug-likeness (QED) is 0.526. The summed E-state index contributed by atoms with van der Waals surface area (Å²) in [5.41, 5.74) is 0.309. The summed E-state index contributed by atoms with van der Waals surface area (Å²) in [5.74, 6) is 0. The van der Waals surface area contributed by atoms with Crippen LogP contribution >= 0.6 is 39.9 Å². The first-order chi connectivity index (χ1) is 13.0. The topological polar surface area (TPSA) is 77.5 Å². The van der Waals surface area contributed by atoms with Crippen LogP contribution in [0, 0.1) is 0 Å². The minimum absolute atomic E-state index is 0. The summed E-state index contributed by atoms with van der Waals surface area (Å²) in [6.07, 6.45) is -4.46. The van der Waals surface area contributed by atoms with E-state index in [9.17, 15) is 21.6 Å². The summed E-state index contributed by atoms with van der Waals surface area (Å²) < 4.78 is 63.4. The van der Waals surface area contributed by atoms with Gasteiger partial charge in [0.15, 0.2) is 4.80 Å². The maximum Gasteiger partial charge on any atom is 0.416 e. The van der Waals surface area contributed by atoms with E-state index in [4.69, 9.17) is 16.7 Å². The van der Waals surface area contributed by atoms with Gasteiger partial charge < -0.3 is 4.57 Å². The van der Waals surface area contributed by atoms with Gasteiger partial charge >= 0.3 is 6.18 Å². The molecule has 29 heavy (non-hydrogen) atoms. The van der Waals surface area contributed by atoms with Gasteiger partial charge in [0.1, 0.15) is 0 Å². The molecule has 2 aromatic carbocycles. The number of rotatable bonds is 3. The summed E-state index contributed by atoms with van der Waals surface area (Å²) in [5, 5.41) is 7.14. The molecule has 0 aliphatic heterocycles. The van der Waals surface area contributed by atoms with Gasteiger partial charge in [-0.2, -0.15) is 13.2 Å². The Labute approximate surface area is 184 Å². The Hall–Kier alpha value is -1.66. The third-order valence-electron chi connectivity index (χ3n) is 3.86. The number of alkyl halides is 3. The molecule has 0 aliphatic carbocycles. The van der Waals surface area contributed by atoms with Gasteiger partial charge in [-0.1, -0.05) is 17.7 Å². The predicted octanol–water partition coefficient (Wildman–Crippen LogP) is 4.88. The number of aromatic nitrogens is 1. The van der Waals surface area contributed by atoms with Crippen LogP contribution in [0.4, 0.5) is 18.9 Å². The summed E-state index contributed by atoms with van der Waals surface area (Å²) in [6.45, 7) is 0. The Kier molecular flexibility index (Phi) is 7.01. The van der Waals surface area contributed by atoms with E-state index in [1.54, 1.807) is 17.0 Å². The van der Waals surface area contributed by atoms with E-state index in [0.717, 1.165) is 12.1 Å². The van der Waals surface area contributed by atoms with Gasteiger partial charge in [-0.25, -0.2) is 18.5 Å². The zero-order valence-corrected chi connectivity index (χ0v) is 18.7. The molecule has 1 heterocycles. The van der Waals surface area contributed by atoms with E-state index in [1.807, 2.05) is 0 Å². The van der Waals surface area contributed by atoms with Crippen LogP contribution in [0.25, 0.3) is 11.3 Å². The van der Waals surface area contributed by atoms with Crippen molar-refractivity contribution in [2.24, 2.45) is 17.2 Å². The Morgan fingerprint density at radius 1 is 1.17 bits per heavy atom. The largest absolute Gasteiger partial charge is 0.416 e. The number of nitrogens with two attached hydrogens (primary N) is 1. The fourth-order valence-electron chi connectivity index (χ4n) is 2.46. The lowest BCUT2D eigenvalue weighted by Gasteiger charge is -2.08. The summed E-state index contributed by atoms with van der Waals surface area (Å²) in [6, 6.07) is 8.71. The Bertz CT molecular complexity index is 1220. The zero-order valence-electron chi connectivity index (χ0n) is 14.6. The predicted molar refractivity (Wildman–Crippen MR) is 112 cm³/mol. The van der Waals surface area contributed by atoms with Crippen molar-refractivity contribution in [2.45, 2.75) is 11.1 Å². The van der Waals surface area contributed by atoms with Crippen molar-refractivity contribution in [3.8, 4) is 11.3 Å². The number of nitrogens with zero attached hydrogens (tertiary/aromatic N) is 2. The van der Waals surface area contributed by atoms with E-state index in [2.05, 4.69) is 4.99 Å². The van der Waals surface area contributed by atoms with E-state index in [1.165, 1.54) is 41.7 Å². The second kappa shape index (κ2) is 8.60. The second-order valence-electron chi connectivity index (χ2n) is 5.81. The standard InChI is InChI=1S/C17H13ClF3N3O2S2.BrH/c1-24-15(13-8-12(28(22,25)26)5-6-14(13)18)9-27-16(24)23-11-4-2-3-10(7-11)17(19,20)21;/h2-9H,1H3,(H2,22,25,26);1H/b23-16+;. The molecular formula is C17H14BrClF3N3O2S2. The molecule has 0 bridgehead atoms. The molecule has 0 fully saturated rings. The molecule has 1 aromatic heterocycles. The lowest BCUT2D eigenvalue weighted by molar-refractivity contribution is -0.137. The molecule has 0 spiro atoms. The molecule has 0 saturated carbocycles. The number of halogens is 5. The molecule has 0 unspecified atom stereocenters. The first-order valence-corrected chi connectivity index (χ1v) is 10.5. The molecule has 0 saturated heterocycles. The van der Waals surface area contributed by atoms with Gasteiger partial charge in [-0.15, -0.1) is 28.3 Å². The fourth-order valence-corrected chi connectivity index (χ4v) is 4.13. The van der Waals surface area contributed by atoms with Crippen LogP contribution < -0.4 is 9.94 Å². The highest BCUT2D eigenvalue weighted by Gasteiger charge is 2.30. The van der Waals surface area contributed by atoms with Crippen molar-refractivity contribution >= 4 is 55.6 Å². The van der Waals surface area contributed by atoms with Crippen molar-refractivity contribution in [1.82, 2.24) is 4.57 Å². The van der Waals surface area contributed by atoms with E-state index >= 15 is 0 Å². The number of primary sulfonamides is 1. The second-order valence-corrected chi connectivity index (χ2v) is 8.61. The summed E-state index contributed by atoms with van der Waals surface area (Å²) >= 11 is 7.37. The van der Waals surface area contributed by atoms with Crippen LogP contribution in [0.1, 0.15) is 5.56 Å². The molecule has 0 amide bonds. The molecule has 3 aromatic rings. The van der Waals surface area contributed by atoms with Crippen LogP contribution in [0.2, 0.25) is 5.02 Å². The number of hydrogen-bond acceptors (Lipinski definition) is 4. The van der Waals surface area contributed by atoms with Crippen LogP contribution in [0.15, 0.2) is 57.7 Å². The van der Waals surface area contributed by atoms with Crippen molar-refractivity contribution in [2.75, 3.05) is 0 Å². The van der Waals surface area contributed by atoms with Gasteiger partial charge in [0.05, 0.1) is 21.8 Å². The van der Waals surface area contributed by atoms with Crippen LogP contribution in [-0.2, 0) is 23.2 Å². The highest BCUT2D eigenvalue weighted by atomic mass is 79.9. The molecule has 2 N–H and O–H groups in total. The number of hydrogen-bond donors (Lipinski definition) is 1. The van der Waals surface area contributed by atoms with E-state index in [0.29, 0.717) is 21.1 Å². The average molecular weight is 529 g/mol. The molecule has 12 heteroatoms. The lowest BCUT2D eigenvalue weighted by atomic mass is 10.2. The van der Waals surface area contributed by atoms with Crippen LogP contribution in [0.3, 0.4) is 0 Å². The molecule has 5 nitrogen and oxygen atoms in total. The SMILES string of the molecule is Br.Cn1c(-c2cc(S(N)(=O)=O)ccc2Cl)cs/c1=N/c1cccc(C(F)(F)F)c1. The maximum atomic E-state index is 12.9. The normalized spacial score (nSPS) is 12.7. The zero-order chi connectivity index (χ0) is 20.7. The molecule has 3 rings (SSSR count). The molecule has 156 valence electrons. The lowest BCUT2D eigenvalue weighted by Crippen LogP contribution is -2.13. The number of benzene rings is 2. The monoisotopic (exact) mass is 527 g/mol. The maximum absolute atomic E-state index is 12.9. The summed E-state index contributed by atoms with van der Waals surface area (Å²) in [4.78, 5) is 4.56.